The average Bonchev–Trinajstić information content (AvgIpc) is 3.52. The number of rotatable bonds is 10. The van der Waals surface area contributed by atoms with E-state index in [0.717, 1.165) is 49.9 Å². The molecule has 5 rings (SSSR count). The molecule has 0 spiro atoms. The molecule has 1 amide bonds. The zero-order chi connectivity index (χ0) is 26.6. The van der Waals surface area contributed by atoms with E-state index in [-0.39, 0.29) is 36.1 Å². The number of carbonyl (C=O) groups is 1. The molecule has 2 fully saturated rings. The molecule has 2 aromatic carbocycles. The molecular weight excluding hydrogens is 492 g/mol. The number of carbonyl (C=O) groups excluding carboxylic acids is 1. The highest BCUT2D eigenvalue weighted by Gasteiger charge is 2.33. The van der Waals surface area contributed by atoms with Crippen LogP contribution in [0, 0.1) is 17.6 Å². The second-order valence-corrected chi connectivity index (χ2v) is 9.85. The molecule has 7 nitrogen and oxygen atoms in total. The van der Waals surface area contributed by atoms with Crippen LogP contribution in [-0.2, 0) is 22.5 Å². The number of aryl methyl sites for hydroxylation is 1. The van der Waals surface area contributed by atoms with Crippen molar-refractivity contribution in [2.45, 2.75) is 58.1 Å². The predicted molar refractivity (Wildman–Crippen MR) is 138 cm³/mol. The second kappa shape index (κ2) is 11.5. The fourth-order valence-electron chi connectivity index (χ4n) is 4.96. The van der Waals surface area contributed by atoms with Gasteiger partial charge in [0.25, 0.3) is 0 Å². The largest absolute Gasteiger partial charge is 0.497 e. The van der Waals surface area contributed by atoms with Crippen LogP contribution in [0.4, 0.5) is 8.78 Å². The molecule has 0 radical (unpaired) electrons. The van der Waals surface area contributed by atoms with Gasteiger partial charge >= 0.3 is 0 Å². The van der Waals surface area contributed by atoms with E-state index in [1.807, 2.05) is 24.0 Å². The molecule has 0 bridgehead atoms. The summed E-state index contributed by atoms with van der Waals surface area (Å²) in [5.41, 5.74) is 2.11. The maximum Gasteiger partial charge on any atom is 0.228 e. The number of hydrogen-bond donors (Lipinski definition) is 0. The summed E-state index contributed by atoms with van der Waals surface area (Å²) in [4.78, 5) is 15.4. The van der Waals surface area contributed by atoms with Gasteiger partial charge in [0.2, 0.25) is 11.8 Å². The van der Waals surface area contributed by atoms with Gasteiger partial charge in [0.1, 0.15) is 11.6 Å². The van der Waals surface area contributed by atoms with Gasteiger partial charge < -0.3 is 19.1 Å². The van der Waals surface area contributed by atoms with E-state index in [1.54, 1.807) is 23.9 Å². The Balaban J connectivity index is 1.56. The van der Waals surface area contributed by atoms with Crippen molar-refractivity contribution in [3.63, 3.8) is 0 Å². The number of hydrogen-bond acceptors (Lipinski definition) is 5. The molecule has 38 heavy (non-hydrogen) atoms. The van der Waals surface area contributed by atoms with E-state index in [1.165, 1.54) is 6.07 Å². The Labute approximate surface area is 221 Å². The molecular formula is C29H33F2N3O4. The lowest BCUT2D eigenvalue weighted by Crippen LogP contribution is -2.42. The highest BCUT2D eigenvalue weighted by molar-refractivity contribution is 5.79. The number of halogens is 2. The summed E-state index contributed by atoms with van der Waals surface area (Å²) in [5.74, 6) is -0.558. The molecule has 1 aliphatic carbocycles. The first-order valence-electron chi connectivity index (χ1n) is 13.2. The standard InChI is InChI=1S/C29H33F2N3O4/c1-3-26-24(18-33(17-23-8-5-15-37-23)28(35)19-6-4-7-19)29(38-27-14-9-20(30)16-25(27)31)34(32-26)21-10-12-22(36-2)13-11-21/h9-14,16,19,23H,3-8,15,17-18H2,1-2H3/t23-/m1/s1. The van der Waals surface area contributed by atoms with Crippen molar-refractivity contribution in [1.82, 2.24) is 14.7 Å². The van der Waals surface area contributed by atoms with E-state index >= 15 is 0 Å². The first-order valence-corrected chi connectivity index (χ1v) is 13.2. The monoisotopic (exact) mass is 525 g/mol. The van der Waals surface area contributed by atoms with E-state index in [2.05, 4.69) is 0 Å². The normalized spacial score (nSPS) is 17.3. The average molecular weight is 526 g/mol. The maximum atomic E-state index is 14.7. The fourth-order valence-corrected chi connectivity index (χ4v) is 4.96. The molecule has 0 unspecified atom stereocenters. The Kier molecular flexibility index (Phi) is 7.93. The number of nitrogens with zero attached hydrogens (tertiary/aromatic N) is 3. The fraction of sp³-hybridized carbons (Fsp3) is 0.448. The van der Waals surface area contributed by atoms with Crippen LogP contribution in [-0.4, -0.2) is 47.0 Å². The summed E-state index contributed by atoms with van der Waals surface area (Å²) in [6, 6.07) is 10.4. The van der Waals surface area contributed by atoms with Crippen LogP contribution in [0.5, 0.6) is 17.4 Å². The molecule has 9 heteroatoms. The van der Waals surface area contributed by atoms with Gasteiger partial charge in [-0.2, -0.15) is 5.10 Å². The summed E-state index contributed by atoms with van der Waals surface area (Å²) in [5, 5.41) is 4.81. The van der Waals surface area contributed by atoms with Crippen molar-refractivity contribution < 1.29 is 27.8 Å². The molecule has 1 aromatic heterocycles. The van der Waals surface area contributed by atoms with Crippen LogP contribution in [0.3, 0.4) is 0 Å². The first kappa shape index (κ1) is 26.2. The Bertz CT molecular complexity index is 1270. The summed E-state index contributed by atoms with van der Waals surface area (Å²) in [6.45, 7) is 3.41. The highest BCUT2D eigenvalue weighted by atomic mass is 19.1. The Morgan fingerprint density at radius 2 is 1.92 bits per heavy atom. The molecule has 1 aliphatic heterocycles. The zero-order valence-electron chi connectivity index (χ0n) is 21.8. The van der Waals surface area contributed by atoms with E-state index in [4.69, 9.17) is 19.3 Å². The third-order valence-corrected chi connectivity index (χ3v) is 7.34. The van der Waals surface area contributed by atoms with E-state index in [0.29, 0.717) is 36.6 Å². The quantitative estimate of drug-likeness (QED) is 0.334. The van der Waals surface area contributed by atoms with Gasteiger partial charge in [0.05, 0.1) is 36.7 Å². The minimum Gasteiger partial charge on any atom is -0.497 e. The number of amides is 1. The Hall–Kier alpha value is -3.46. The van der Waals surface area contributed by atoms with Gasteiger partial charge in [-0.25, -0.2) is 13.5 Å². The number of aromatic nitrogens is 2. The predicted octanol–water partition coefficient (Wildman–Crippen LogP) is 5.82. The van der Waals surface area contributed by atoms with Gasteiger partial charge in [0.15, 0.2) is 11.6 Å². The van der Waals surface area contributed by atoms with Crippen molar-refractivity contribution >= 4 is 5.91 Å². The number of methoxy groups -OCH3 is 1. The second-order valence-electron chi connectivity index (χ2n) is 9.85. The molecule has 2 aliphatic rings. The zero-order valence-corrected chi connectivity index (χ0v) is 21.8. The maximum absolute atomic E-state index is 14.7. The summed E-state index contributed by atoms with van der Waals surface area (Å²) in [7, 11) is 1.59. The van der Waals surface area contributed by atoms with Crippen LogP contribution in [0.15, 0.2) is 42.5 Å². The Morgan fingerprint density at radius 3 is 2.53 bits per heavy atom. The van der Waals surface area contributed by atoms with Gasteiger partial charge in [-0.1, -0.05) is 13.3 Å². The highest BCUT2D eigenvalue weighted by Crippen LogP contribution is 2.36. The van der Waals surface area contributed by atoms with Crippen molar-refractivity contribution in [3.8, 4) is 23.1 Å². The van der Waals surface area contributed by atoms with Gasteiger partial charge in [0, 0.05) is 25.1 Å². The minimum atomic E-state index is -0.821. The molecule has 0 N–H and O–H groups in total. The van der Waals surface area contributed by atoms with Crippen LogP contribution in [0.25, 0.3) is 5.69 Å². The lowest BCUT2D eigenvalue weighted by Gasteiger charge is -2.33. The molecule has 3 aromatic rings. The Morgan fingerprint density at radius 1 is 1.13 bits per heavy atom. The van der Waals surface area contributed by atoms with Crippen LogP contribution < -0.4 is 9.47 Å². The lowest BCUT2D eigenvalue weighted by molar-refractivity contribution is -0.140. The van der Waals surface area contributed by atoms with Crippen molar-refractivity contribution in [2.75, 3.05) is 20.3 Å². The number of ether oxygens (including phenoxy) is 3. The lowest BCUT2D eigenvalue weighted by atomic mass is 9.84. The molecule has 1 saturated heterocycles. The summed E-state index contributed by atoms with van der Waals surface area (Å²) in [6.07, 6.45) is 5.27. The van der Waals surface area contributed by atoms with E-state index in [9.17, 15) is 13.6 Å². The van der Waals surface area contributed by atoms with Crippen LogP contribution in [0.2, 0.25) is 0 Å². The first-order chi connectivity index (χ1) is 18.5. The van der Waals surface area contributed by atoms with Crippen LogP contribution >= 0.6 is 0 Å². The third kappa shape index (κ3) is 5.53. The SMILES string of the molecule is CCc1nn(-c2ccc(OC)cc2)c(Oc2ccc(F)cc2F)c1CN(C[C@H]1CCCO1)C(=O)C1CCC1. The molecule has 1 atom stereocenters. The van der Waals surface area contributed by atoms with Gasteiger partial charge in [-0.15, -0.1) is 0 Å². The summed E-state index contributed by atoms with van der Waals surface area (Å²) >= 11 is 0. The van der Waals surface area contributed by atoms with Crippen molar-refractivity contribution in [3.05, 3.63) is 65.4 Å². The number of benzene rings is 2. The molecule has 202 valence electrons. The molecule has 1 saturated carbocycles. The van der Waals surface area contributed by atoms with Crippen molar-refractivity contribution in [2.24, 2.45) is 5.92 Å². The van der Waals surface area contributed by atoms with Gasteiger partial charge in [-0.3, -0.25) is 4.79 Å². The topological polar surface area (TPSA) is 65.8 Å². The van der Waals surface area contributed by atoms with Crippen LogP contribution in [0.1, 0.15) is 50.3 Å². The minimum absolute atomic E-state index is 0.0111. The smallest absolute Gasteiger partial charge is 0.228 e. The summed E-state index contributed by atoms with van der Waals surface area (Å²) < 4.78 is 47.2. The molecule has 2 heterocycles. The van der Waals surface area contributed by atoms with Gasteiger partial charge in [-0.05, 0) is 68.5 Å². The van der Waals surface area contributed by atoms with E-state index < -0.39 is 11.6 Å². The van der Waals surface area contributed by atoms with Crippen molar-refractivity contribution in [1.29, 1.82) is 0 Å². The third-order valence-electron chi connectivity index (χ3n) is 7.34.